The number of carboxylic acid groups (broad SMARTS) is 1. The van der Waals surface area contributed by atoms with Crippen molar-refractivity contribution < 1.29 is 14.7 Å². The van der Waals surface area contributed by atoms with Crippen LogP contribution in [0.5, 0.6) is 0 Å². The van der Waals surface area contributed by atoms with Gasteiger partial charge in [-0.15, -0.1) is 0 Å². The maximum atomic E-state index is 12.3. The molecule has 1 fully saturated rings. The molecule has 0 aliphatic heterocycles. The van der Waals surface area contributed by atoms with E-state index in [0.29, 0.717) is 6.54 Å². The topological polar surface area (TPSA) is 66.4 Å². The second-order valence-electron chi connectivity index (χ2n) is 6.25. The van der Waals surface area contributed by atoms with Crippen LogP contribution in [0, 0.1) is 17.8 Å². The van der Waals surface area contributed by atoms with Crippen LogP contribution in [0.3, 0.4) is 0 Å². The molecule has 4 heteroatoms. The molecule has 0 saturated heterocycles. The van der Waals surface area contributed by atoms with Gasteiger partial charge in [0.2, 0.25) is 5.91 Å². The highest BCUT2D eigenvalue weighted by Crippen LogP contribution is 2.32. The van der Waals surface area contributed by atoms with Crippen LogP contribution in [0.4, 0.5) is 0 Å². The van der Waals surface area contributed by atoms with Gasteiger partial charge in [0, 0.05) is 12.5 Å². The normalized spacial score (nSPS) is 24.8. The molecule has 4 nitrogen and oxygen atoms in total. The van der Waals surface area contributed by atoms with Crippen molar-refractivity contribution in [2.24, 2.45) is 17.8 Å². The fourth-order valence-corrected chi connectivity index (χ4v) is 3.73. The van der Waals surface area contributed by atoms with E-state index in [-0.39, 0.29) is 23.7 Å². The third-order valence-corrected chi connectivity index (χ3v) is 4.94. The number of fused-ring (bicyclic) bond motifs is 1. The number of aliphatic carboxylic acids is 1. The Morgan fingerprint density at radius 3 is 2.43 bits per heavy atom. The van der Waals surface area contributed by atoms with Gasteiger partial charge in [-0.2, -0.15) is 0 Å². The highest BCUT2D eigenvalue weighted by Gasteiger charge is 2.34. The lowest BCUT2D eigenvalue weighted by molar-refractivity contribution is -0.143. The van der Waals surface area contributed by atoms with Crippen LogP contribution in [-0.2, 0) is 22.4 Å². The average molecular weight is 287 g/mol. The van der Waals surface area contributed by atoms with Gasteiger partial charge in [-0.1, -0.05) is 30.7 Å². The molecule has 0 heterocycles. The Morgan fingerprint density at radius 2 is 1.81 bits per heavy atom. The summed E-state index contributed by atoms with van der Waals surface area (Å²) >= 11 is 0. The van der Waals surface area contributed by atoms with Crippen LogP contribution in [0.2, 0.25) is 0 Å². The predicted octanol–water partition coefficient (Wildman–Crippen LogP) is 2.02. The maximum Gasteiger partial charge on any atom is 0.306 e. The van der Waals surface area contributed by atoms with Crippen molar-refractivity contribution in [1.29, 1.82) is 0 Å². The van der Waals surface area contributed by atoms with Gasteiger partial charge < -0.3 is 10.4 Å². The van der Waals surface area contributed by atoms with Crippen molar-refractivity contribution >= 4 is 11.9 Å². The van der Waals surface area contributed by atoms with E-state index in [1.54, 1.807) is 0 Å². The maximum absolute atomic E-state index is 12.3. The van der Waals surface area contributed by atoms with Gasteiger partial charge in [-0.3, -0.25) is 9.59 Å². The van der Waals surface area contributed by atoms with Crippen molar-refractivity contribution in [3.05, 3.63) is 35.4 Å². The number of hydrogen-bond donors (Lipinski definition) is 2. The van der Waals surface area contributed by atoms with Gasteiger partial charge in [0.1, 0.15) is 0 Å². The Labute approximate surface area is 124 Å². The first-order chi connectivity index (χ1) is 10.1. The van der Waals surface area contributed by atoms with Crippen molar-refractivity contribution in [2.75, 3.05) is 6.54 Å². The monoisotopic (exact) mass is 287 g/mol. The number of amides is 1. The quantitative estimate of drug-likeness (QED) is 0.890. The zero-order valence-electron chi connectivity index (χ0n) is 12.0. The minimum absolute atomic E-state index is 0.00656. The van der Waals surface area contributed by atoms with Crippen LogP contribution >= 0.6 is 0 Å². The zero-order valence-corrected chi connectivity index (χ0v) is 12.0. The van der Waals surface area contributed by atoms with E-state index in [0.717, 1.165) is 32.1 Å². The molecule has 2 aliphatic rings. The molecule has 21 heavy (non-hydrogen) atoms. The van der Waals surface area contributed by atoms with E-state index in [2.05, 4.69) is 17.4 Å². The van der Waals surface area contributed by atoms with Crippen LogP contribution < -0.4 is 5.32 Å². The fourth-order valence-electron chi connectivity index (χ4n) is 3.73. The molecule has 0 radical (unpaired) electrons. The molecule has 1 aromatic carbocycles. The Kier molecular flexibility index (Phi) is 3.95. The van der Waals surface area contributed by atoms with Crippen molar-refractivity contribution in [1.82, 2.24) is 5.32 Å². The molecular formula is C17H21NO3. The summed E-state index contributed by atoms with van der Waals surface area (Å²) in [6.07, 6.45) is 4.20. The molecule has 112 valence electrons. The summed E-state index contributed by atoms with van der Waals surface area (Å²) in [5.41, 5.74) is 2.53. The van der Waals surface area contributed by atoms with Crippen LogP contribution in [0.15, 0.2) is 24.3 Å². The third kappa shape index (κ3) is 2.94. The Balaban J connectivity index is 1.53. The summed E-state index contributed by atoms with van der Waals surface area (Å²) in [4.78, 5) is 23.4. The number of rotatable bonds is 4. The van der Waals surface area contributed by atoms with Gasteiger partial charge in [0.25, 0.3) is 0 Å². The molecule has 3 rings (SSSR count). The van der Waals surface area contributed by atoms with Crippen LogP contribution in [0.25, 0.3) is 0 Å². The molecule has 0 aromatic heterocycles. The minimum Gasteiger partial charge on any atom is -0.481 e. The summed E-state index contributed by atoms with van der Waals surface area (Å²) in [7, 11) is 0. The van der Waals surface area contributed by atoms with Gasteiger partial charge in [0.15, 0.2) is 0 Å². The minimum atomic E-state index is -0.722. The van der Waals surface area contributed by atoms with E-state index in [1.165, 1.54) is 11.1 Å². The van der Waals surface area contributed by atoms with Crippen molar-refractivity contribution in [3.63, 3.8) is 0 Å². The lowest BCUT2D eigenvalue weighted by atomic mass is 9.96. The first kappa shape index (κ1) is 14.1. The van der Waals surface area contributed by atoms with E-state index in [1.807, 2.05) is 12.1 Å². The van der Waals surface area contributed by atoms with E-state index in [9.17, 15) is 9.59 Å². The Hall–Kier alpha value is -1.84. The second kappa shape index (κ2) is 5.88. The van der Waals surface area contributed by atoms with E-state index >= 15 is 0 Å². The molecular weight excluding hydrogens is 266 g/mol. The molecule has 2 unspecified atom stereocenters. The molecule has 1 saturated carbocycles. The molecule has 2 N–H and O–H groups in total. The molecule has 2 atom stereocenters. The zero-order chi connectivity index (χ0) is 14.8. The molecule has 0 spiro atoms. The smallest absolute Gasteiger partial charge is 0.306 e. The van der Waals surface area contributed by atoms with Gasteiger partial charge in [-0.25, -0.2) is 0 Å². The predicted molar refractivity (Wildman–Crippen MR) is 78.8 cm³/mol. The summed E-state index contributed by atoms with van der Waals surface area (Å²) in [5, 5.41) is 12.2. The highest BCUT2D eigenvalue weighted by molar-refractivity contribution is 5.80. The third-order valence-electron chi connectivity index (χ3n) is 4.94. The summed E-state index contributed by atoms with van der Waals surface area (Å²) in [6, 6.07) is 8.18. The number of hydrogen-bond acceptors (Lipinski definition) is 2. The molecule has 1 aromatic rings. The highest BCUT2D eigenvalue weighted by atomic mass is 16.4. The Morgan fingerprint density at radius 1 is 1.14 bits per heavy atom. The number of benzene rings is 1. The summed E-state index contributed by atoms with van der Waals surface area (Å²) in [6.45, 7) is 0.503. The standard InChI is InChI=1S/C17H21NO3/c19-16(14-8-11-4-1-2-5-12(11)9-14)18-10-13-6-3-7-15(13)17(20)21/h1-2,4-5,13-15H,3,6-10H2,(H,18,19)(H,20,21). The number of nitrogens with one attached hydrogen (secondary N) is 1. The first-order valence-electron chi connectivity index (χ1n) is 7.72. The first-order valence-corrected chi connectivity index (χ1v) is 7.72. The van der Waals surface area contributed by atoms with E-state index in [4.69, 9.17) is 5.11 Å². The number of carbonyl (C=O) groups is 2. The van der Waals surface area contributed by atoms with E-state index < -0.39 is 5.97 Å². The molecule has 0 bridgehead atoms. The lowest BCUT2D eigenvalue weighted by Gasteiger charge is -2.18. The number of carboxylic acids is 1. The number of carbonyl (C=O) groups excluding carboxylic acids is 1. The van der Waals surface area contributed by atoms with Crippen molar-refractivity contribution in [3.8, 4) is 0 Å². The average Bonchev–Trinajstić information content (AvgIpc) is 3.10. The fraction of sp³-hybridized carbons (Fsp3) is 0.529. The summed E-state index contributed by atoms with van der Waals surface area (Å²) in [5.74, 6) is -0.837. The van der Waals surface area contributed by atoms with Crippen molar-refractivity contribution in [2.45, 2.75) is 32.1 Å². The lowest BCUT2D eigenvalue weighted by Crippen LogP contribution is -2.37. The second-order valence-corrected chi connectivity index (χ2v) is 6.25. The largest absolute Gasteiger partial charge is 0.481 e. The van der Waals surface area contributed by atoms with Gasteiger partial charge in [0.05, 0.1) is 5.92 Å². The SMILES string of the molecule is O=C(NCC1CCCC1C(=O)O)C1Cc2ccccc2C1. The van der Waals surface area contributed by atoms with Crippen LogP contribution in [0.1, 0.15) is 30.4 Å². The Bertz CT molecular complexity index is 530. The van der Waals surface area contributed by atoms with Gasteiger partial charge in [-0.05, 0) is 42.7 Å². The van der Waals surface area contributed by atoms with Gasteiger partial charge >= 0.3 is 5.97 Å². The molecule has 1 amide bonds. The van der Waals surface area contributed by atoms with Crippen LogP contribution in [-0.4, -0.2) is 23.5 Å². The molecule has 2 aliphatic carbocycles. The summed E-state index contributed by atoms with van der Waals surface area (Å²) < 4.78 is 0.